The number of hydrogen-bond donors (Lipinski definition) is 0. The van der Waals surface area contributed by atoms with E-state index in [-0.39, 0.29) is 31.1 Å². The maximum absolute atomic E-state index is 12.7. The average Bonchev–Trinajstić information content (AvgIpc) is 3.23. The standard InChI is InChI=1S/C53H94O6/c1-4-7-10-13-16-19-21-22-23-24-25-26-27-28-29-30-31-32-33-35-37-40-43-46-52(55)58-49-50(48-57-51(54)45-42-39-36-18-15-12-9-6-3)59-53(56)47-44-41-38-34-20-17-14-11-8-5-2/h11,14,21-22,24-25,27-28,50H,4-10,12-13,15-20,23,26,29-49H2,1-3H3/b14-11-,22-21-,25-24-,28-27-. The Hall–Kier alpha value is -2.63. The number of unbranched alkanes of at least 4 members (excludes halogenated alkanes) is 26. The van der Waals surface area contributed by atoms with E-state index in [9.17, 15) is 14.4 Å². The van der Waals surface area contributed by atoms with Gasteiger partial charge < -0.3 is 14.2 Å². The van der Waals surface area contributed by atoms with E-state index in [0.29, 0.717) is 19.3 Å². The van der Waals surface area contributed by atoms with Crippen molar-refractivity contribution in [2.75, 3.05) is 13.2 Å². The van der Waals surface area contributed by atoms with E-state index in [1.807, 2.05) is 0 Å². The summed E-state index contributed by atoms with van der Waals surface area (Å²) in [5.74, 6) is -0.898. The van der Waals surface area contributed by atoms with Crippen LogP contribution in [0.5, 0.6) is 0 Å². The van der Waals surface area contributed by atoms with Crippen LogP contribution in [0.25, 0.3) is 0 Å². The van der Waals surface area contributed by atoms with Gasteiger partial charge in [0.2, 0.25) is 0 Å². The Morgan fingerprint density at radius 2 is 0.644 bits per heavy atom. The fourth-order valence-corrected chi connectivity index (χ4v) is 6.98. The molecule has 0 bridgehead atoms. The Balaban J connectivity index is 4.19. The summed E-state index contributed by atoms with van der Waals surface area (Å²) in [5.41, 5.74) is 0. The van der Waals surface area contributed by atoms with Crippen molar-refractivity contribution in [3.63, 3.8) is 0 Å². The molecule has 0 aliphatic rings. The molecule has 0 saturated carbocycles. The zero-order chi connectivity index (χ0) is 43.0. The second kappa shape index (κ2) is 48.0. The highest BCUT2D eigenvalue weighted by atomic mass is 16.6. The molecule has 0 saturated heterocycles. The van der Waals surface area contributed by atoms with Crippen molar-refractivity contribution < 1.29 is 28.6 Å². The lowest BCUT2D eigenvalue weighted by molar-refractivity contribution is -0.167. The van der Waals surface area contributed by atoms with E-state index in [1.54, 1.807) is 0 Å². The third kappa shape index (κ3) is 46.3. The molecule has 342 valence electrons. The molecule has 0 aromatic carbocycles. The predicted octanol–water partition coefficient (Wildman–Crippen LogP) is 16.3. The molecule has 59 heavy (non-hydrogen) atoms. The first-order chi connectivity index (χ1) is 29.0. The molecule has 0 aromatic heterocycles. The van der Waals surface area contributed by atoms with Gasteiger partial charge in [-0.05, 0) is 77.0 Å². The minimum absolute atomic E-state index is 0.0779. The van der Waals surface area contributed by atoms with Gasteiger partial charge in [-0.15, -0.1) is 0 Å². The highest BCUT2D eigenvalue weighted by Crippen LogP contribution is 2.14. The summed E-state index contributed by atoms with van der Waals surface area (Å²) in [6.45, 7) is 6.52. The Labute approximate surface area is 365 Å². The largest absolute Gasteiger partial charge is 0.462 e. The molecular formula is C53H94O6. The fraction of sp³-hybridized carbons (Fsp3) is 0.792. The number of allylic oxidation sites excluding steroid dienone is 8. The highest BCUT2D eigenvalue weighted by Gasteiger charge is 2.19. The Kier molecular flexibility index (Phi) is 45.9. The van der Waals surface area contributed by atoms with E-state index < -0.39 is 6.10 Å². The lowest BCUT2D eigenvalue weighted by Gasteiger charge is -2.18. The van der Waals surface area contributed by atoms with Crippen LogP contribution in [-0.2, 0) is 28.6 Å². The molecule has 1 atom stereocenters. The highest BCUT2D eigenvalue weighted by molar-refractivity contribution is 5.71. The molecule has 0 aliphatic heterocycles. The zero-order valence-corrected chi connectivity index (χ0v) is 39.0. The van der Waals surface area contributed by atoms with Crippen LogP contribution in [0.1, 0.15) is 252 Å². The first kappa shape index (κ1) is 56.4. The quantitative estimate of drug-likeness (QED) is 0.0263. The fourth-order valence-electron chi connectivity index (χ4n) is 6.98. The third-order valence-corrected chi connectivity index (χ3v) is 10.8. The van der Waals surface area contributed by atoms with Gasteiger partial charge in [0.05, 0.1) is 0 Å². The van der Waals surface area contributed by atoms with Crippen molar-refractivity contribution in [1.29, 1.82) is 0 Å². The molecule has 0 rings (SSSR count). The predicted molar refractivity (Wildman–Crippen MR) is 252 cm³/mol. The molecule has 0 amide bonds. The summed E-state index contributed by atoms with van der Waals surface area (Å²) in [6.07, 6.45) is 56.8. The summed E-state index contributed by atoms with van der Waals surface area (Å²) in [7, 11) is 0. The van der Waals surface area contributed by atoms with Gasteiger partial charge in [-0.3, -0.25) is 14.4 Å². The number of carbonyl (C=O) groups is 3. The molecule has 6 nitrogen and oxygen atoms in total. The minimum Gasteiger partial charge on any atom is -0.462 e. The summed E-state index contributed by atoms with van der Waals surface area (Å²) in [5, 5.41) is 0. The van der Waals surface area contributed by atoms with Crippen LogP contribution in [-0.4, -0.2) is 37.2 Å². The second-order valence-electron chi connectivity index (χ2n) is 16.7. The number of carbonyl (C=O) groups excluding carboxylic acids is 3. The minimum atomic E-state index is -0.775. The van der Waals surface area contributed by atoms with Gasteiger partial charge >= 0.3 is 17.9 Å². The van der Waals surface area contributed by atoms with Crippen LogP contribution in [0.4, 0.5) is 0 Å². The Morgan fingerprint density at radius 1 is 0.339 bits per heavy atom. The molecule has 0 aliphatic carbocycles. The Bertz CT molecular complexity index is 1040. The first-order valence-corrected chi connectivity index (χ1v) is 25.1. The molecule has 1 unspecified atom stereocenters. The summed E-state index contributed by atoms with van der Waals surface area (Å²) >= 11 is 0. The van der Waals surface area contributed by atoms with Crippen LogP contribution in [0.2, 0.25) is 0 Å². The maximum atomic E-state index is 12.7. The molecule has 0 aromatic rings. The zero-order valence-electron chi connectivity index (χ0n) is 39.0. The third-order valence-electron chi connectivity index (χ3n) is 10.8. The topological polar surface area (TPSA) is 78.9 Å². The van der Waals surface area contributed by atoms with Gasteiger partial charge in [-0.1, -0.05) is 204 Å². The first-order valence-electron chi connectivity index (χ1n) is 25.1. The monoisotopic (exact) mass is 827 g/mol. The van der Waals surface area contributed by atoms with Gasteiger partial charge in [-0.2, -0.15) is 0 Å². The molecular weight excluding hydrogens is 733 g/mol. The average molecular weight is 827 g/mol. The smallest absolute Gasteiger partial charge is 0.306 e. The lowest BCUT2D eigenvalue weighted by Crippen LogP contribution is -2.30. The normalized spacial score (nSPS) is 12.4. The van der Waals surface area contributed by atoms with Crippen LogP contribution in [0.15, 0.2) is 48.6 Å². The molecule has 0 fully saturated rings. The molecule has 0 radical (unpaired) electrons. The molecule has 6 heteroatoms. The van der Waals surface area contributed by atoms with Gasteiger partial charge in [0.25, 0.3) is 0 Å². The van der Waals surface area contributed by atoms with Gasteiger partial charge in [-0.25, -0.2) is 0 Å². The SMILES string of the molecule is CCC/C=C\CCCCCCCC(=O)OC(COC(=O)CCCCCCCCCC)COC(=O)CCCCCCCCCC/C=C\C/C=C\C/C=C\CCCCCCC. The van der Waals surface area contributed by atoms with E-state index in [4.69, 9.17) is 14.2 Å². The van der Waals surface area contributed by atoms with Gasteiger partial charge in [0.15, 0.2) is 6.10 Å². The lowest BCUT2D eigenvalue weighted by atomic mass is 10.1. The number of hydrogen-bond acceptors (Lipinski definition) is 6. The van der Waals surface area contributed by atoms with Gasteiger partial charge in [0, 0.05) is 19.3 Å². The van der Waals surface area contributed by atoms with Crippen LogP contribution >= 0.6 is 0 Å². The van der Waals surface area contributed by atoms with Crippen LogP contribution < -0.4 is 0 Å². The molecule has 0 N–H and O–H groups in total. The van der Waals surface area contributed by atoms with Crippen molar-refractivity contribution in [3.8, 4) is 0 Å². The van der Waals surface area contributed by atoms with Crippen molar-refractivity contribution in [2.24, 2.45) is 0 Å². The number of esters is 3. The summed E-state index contributed by atoms with van der Waals surface area (Å²) in [6, 6.07) is 0. The van der Waals surface area contributed by atoms with Crippen LogP contribution in [0, 0.1) is 0 Å². The Morgan fingerprint density at radius 3 is 1.03 bits per heavy atom. The maximum Gasteiger partial charge on any atom is 0.306 e. The number of ether oxygens (including phenoxy) is 3. The van der Waals surface area contributed by atoms with E-state index in [2.05, 4.69) is 69.4 Å². The van der Waals surface area contributed by atoms with Crippen molar-refractivity contribution in [3.05, 3.63) is 48.6 Å². The van der Waals surface area contributed by atoms with Gasteiger partial charge in [0.1, 0.15) is 13.2 Å². The van der Waals surface area contributed by atoms with Crippen LogP contribution in [0.3, 0.4) is 0 Å². The van der Waals surface area contributed by atoms with E-state index in [0.717, 1.165) is 96.3 Å². The summed E-state index contributed by atoms with van der Waals surface area (Å²) in [4.78, 5) is 37.7. The van der Waals surface area contributed by atoms with E-state index in [1.165, 1.54) is 116 Å². The van der Waals surface area contributed by atoms with Crippen molar-refractivity contribution in [1.82, 2.24) is 0 Å². The molecule has 0 spiro atoms. The van der Waals surface area contributed by atoms with Crippen molar-refractivity contribution >= 4 is 17.9 Å². The van der Waals surface area contributed by atoms with E-state index >= 15 is 0 Å². The molecule has 0 heterocycles. The number of rotatable bonds is 45. The second-order valence-corrected chi connectivity index (χ2v) is 16.7. The summed E-state index contributed by atoms with van der Waals surface area (Å²) < 4.78 is 16.7. The van der Waals surface area contributed by atoms with Crippen molar-refractivity contribution in [2.45, 2.75) is 258 Å².